The second-order valence-electron chi connectivity index (χ2n) is 4.33. The summed E-state index contributed by atoms with van der Waals surface area (Å²) in [7, 11) is 0. The van der Waals surface area contributed by atoms with E-state index in [0.29, 0.717) is 11.6 Å². The Morgan fingerprint density at radius 3 is 3.12 bits per heavy atom. The maximum Gasteiger partial charge on any atom is 0.326 e. The Balaban J connectivity index is 2.14. The minimum Gasteiger partial charge on any atom is -0.379 e. The zero-order valence-corrected chi connectivity index (χ0v) is 10.0. The third-order valence-corrected chi connectivity index (χ3v) is 3.42. The third-order valence-electron chi connectivity index (χ3n) is 3.18. The van der Waals surface area contributed by atoms with Crippen molar-refractivity contribution in [2.75, 3.05) is 13.2 Å². The van der Waals surface area contributed by atoms with Crippen molar-refractivity contribution in [1.82, 2.24) is 9.55 Å². The van der Waals surface area contributed by atoms with Crippen LogP contribution >= 0.6 is 11.6 Å². The number of H-pyrrole nitrogens is 1. The molecule has 0 amide bonds. The molecule has 0 bridgehead atoms. The van der Waals surface area contributed by atoms with Crippen LogP contribution in [0.2, 0.25) is 5.02 Å². The summed E-state index contributed by atoms with van der Waals surface area (Å²) in [6, 6.07) is 5.59. The number of nitrogens with one attached hydrogen (secondary N) is 1. The van der Waals surface area contributed by atoms with Gasteiger partial charge in [-0.1, -0.05) is 11.6 Å². The van der Waals surface area contributed by atoms with E-state index < -0.39 is 0 Å². The number of benzene rings is 1. The average Bonchev–Trinajstić information content (AvgIpc) is 2.65. The minimum atomic E-state index is -0.0854. The molecule has 0 spiro atoms. The quantitative estimate of drug-likeness (QED) is 0.847. The highest BCUT2D eigenvalue weighted by Crippen LogP contribution is 2.23. The van der Waals surface area contributed by atoms with Crippen LogP contribution in [-0.2, 0) is 4.74 Å². The maximum absolute atomic E-state index is 12.0. The molecule has 1 aliphatic rings. The normalized spacial score (nSPS) is 20.9. The monoisotopic (exact) mass is 252 g/mol. The van der Waals surface area contributed by atoms with E-state index in [1.807, 2.05) is 6.07 Å². The SMILES string of the molecule is O=c1[nH]c2cc(Cl)ccc2n1C1CCCOC1. The van der Waals surface area contributed by atoms with E-state index in [9.17, 15) is 4.79 Å². The first-order valence-corrected chi connectivity index (χ1v) is 6.11. The van der Waals surface area contributed by atoms with Crippen LogP contribution < -0.4 is 5.69 Å². The number of rotatable bonds is 1. The lowest BCUT2D eigenvalue weighted by molar-refractivity contribution is 0.0595. The Labute approximate surface area is 103 Å². The number of hydrogen-bond acceptors (Lipinski definition) is 2. The molecule has 2 heterocycles. The van der Waals surface area contributed by atoms with Gasteiger partial charge in [0.05, 0.1) is 23.7 Å². The second kappa shape index (κ2) is 4.20. The first-order chi connectivity index (χ1) is 8.25. The summed E-state index contributed by atoms with van der Waals surface area (Å²) in [5.41, 5.74) is 1.60. The van der Waals surface area contributed by atoms with Crippen LogP contribution in [-0.4, -0.2) is 22.8 Å². The van der Waals surface area contributed by atoms with Gasteiger partial charge in [-0.25, -0.2) is 4.79 Å². The predicted molar refractivity (Wildman–Crippen MR) is 66.7 cm³/mol. The number of ether oxygens (including phenoxy) is 1. The zero-order chi connectivity index (χ0) is 11.8. The smallest absolute Gasteiger partial charge is 0.326 e. The molecular formula is C12H13ClN2O2. The van der Waals surface area contributed by atoms with Gasteiger partial charge in [0.25, 0.3) is 0 Å². The highest BCUT2D eigenvalue weighted by Gasteiger charge is 2.20. The first-order valence-electron chi connectivity index (χ1n) is 5.73. The van der Waals surface area contributed by atoms with Crippen molar-refractivity contribution in [1.29, 1.82) is 0 Å². The number of halogens is 1. The fourth-order valence-electron chi connectivity index (χ4n) is 2.39. The fourth-order valence-corrected chi connectivity index (χ4v) is 2.57. The van der Waals surface area contributed by atoms with Crippen molar-refractivity contribution >= 4 is 22.6 Å². The van der Waals surface area contributed by atoms with Crippen LogP contribution in [0.3, 0.4) is 0 Å². The molecular weight excluding hydrogens is 240 g/mol. The number of nitrogens with zero attached hydrogens (tertiary/aromatic N) is 1. The van der Waals surface area contributed by atoms with Gasteiger partial charge in [0, 0.05) is 11.6 Å². The molecule has 0 radical (unpaired) electrons. The standard InChI is InChI=1S/C12H13ClN2O2/c13-8-3-4-11-10(6-8)14-12(16)15(11)9-2-1-5-17-7-9/h3-4,6,9H,1-2,5,7H2,(H,14,16). The molecule has 2 aromatic rings. The van der Waals surface area contributed by atoms with Crippen LogP contribution in [0, 0.1) is 0 Å². The predicted octanol–water partition coefficient (Wildman–Crippen LogP) is 2.33. The number of aromatic amines is 1. The molecule has 17 heavy (non-hydrogen) atoms. The molecule has 1 aromatic heterocycles. The second-order valence-corrected chi connectivity index (χ2v) is 4.77. The largest absolute Gasteiger partial charge is 0.379 e. The molecule has 1 saturated heterocycles. The van der Waals surface area contributed by atoms with Crippen molar-refractivity contribution in [2.45, 2.75) is 18.9 Å². The van der Waals surface area contributed by atoms with E-state index in [4.69, 9.17) is 16.3 Å². The van der Waals surface area contributed by atoms with Crippen LogP contribution in [0.5, 0.6) is 0 Å². The summed E-state index contributed by atoms with van der Waals surface area (Å²) in [6.07, 6.45) is 1.98. The summed E-state index contributed by atoms with van der Waals surface area (Å²) in [5, 5.41) is 0.630. The van der Waals surface area contributed by atoms with Gasteiger partial charge in [0.2, 0.25) is 0 Å². The van der Waals surface area contributed by atoms with Crippen LogP contribution in [0.15, 0.2) is 23.0 Å². The van der Waals surface area contributed by atoms with Gasteiger partial charge < -0.3 is 9.72 Å². The van der Waals surface area contributed by atoms with E-state index in [1.54, 1.807) is 16.7 Å². The van der Waals surface area contributed by atoms with Crippen molar-refractivity contribution in [2.24, 2.45) is 0 Å². The molecule has 3 rings (SSSR count). The number of aromatic nitrogens is 2. The maximum atomic E-state index is 12.0. The van der Waals surface area contributed by atoms with Crippen molar-refractivity contribution in [3.05, 3.63) is 33.7 Å². The summed E-state index contributed by atoms with van der Waals surface area (Å²) in [6.45, 7) is 1.40. The third kappa shape index (κ3) is 1.87. The number of imidazole rings is 1. The molecule has 1 aromatic carbocycles. The Morgan fingerprint density at radius 1 is 1.47 bits per heavy atom. The first kappa shape index (κ1) is 10.9. The molecule has 1 fully saturated rings. The summed E-state index contributed by atoms with van der Waals surface area (Å²) in [5.74, 6) is 0. The van der Waals surface area contributed by atoms with Crippen molar-refractivity contribution in [3.8, 4) is 0 Å². The molecule has 4 nitrogen and oxygen atoms in total. The minimum absolute atomic E-state index is 0.0854. The lowest BCUT2D eigenvalue weighted by atomic mass is 10.1. The Morgan fingerprint density at radius 2 is 2.35 bits per heavy atom. The Bertz CT molecular complexity index is 596. The van der Waals surface area contributed by atoms with Crippen LogP contribution in [0.25, 0.3) is 11.0 Å². The van der Waals surface area contributed by atoms with Crippen LogP contribution in [0.4, 0.5) is 0 Å². The number of fused-ring (bicyclic) bond motifs is 1. The number of hydrogen-bond donors (Lipinski definition) is 1. The average molecular weight is 253 g/mol. The van der Waals surface area contributed by atoms with Gasteiger partial charge in [-0.3, -0.25) is 4.57 Å². The molecule has 0 aliphatic carbocycles. The lowest BCUT2D eigenvalue weighted by Gasteiger charge is -2.23. The summed E-state index contributed by atoms with van der Waals surface area (Å²) < 4.78 is 7.22. The molecule has 1 unspecified atom stereocenters. The van der Waals surface area contributed by atoms with Gasteiger partial charge in [-0.2, -0.15) is 0 Å². The lowest BCUT2D eigenvalue weighted by Crippen LogP contribution is -2.28. The fraction of sp³-hybridized carbons (Fsp3) is 0.417. The van der Waals surface area contributed by atoms with Gasteiger partial charge >= 0.3 is 5.69 Å². The zero-order valence-electron chi connectivity index (χ0n) is 9.28. The van der Waals surface area contributed by atoms with E-state index in [2.05, 4.69) is 4.98 Å². The van der Waals surface area contributed by atoms with Crippen molar-refractivity contribution in [3.63, 3.8) is 0 Å². The molecule has 5 heteroatoms. The van der Waals surface area contributed by atoms with Gasteiger partial charge in [-0.15, -0.1) is 0 Å². The topological polar surface area (TPSA) is 47.0 Å². The van der Waals surface area contributed by atoms with Crippen molar-refractivity contribution < 1.29 is 4.74 Å². The van der Waals surface area contributed by atoms with Crippen LogP contribution in [0.1, 0.15) is 18.9 Å². The molecule has 1 N–H and O–H groups in total. The molecule has 1 atom stereocenters. The van der Waals surface area contributed by atoms with E-state index in [1.165, 1.54) is 0 Å². The summed E-state index contributed by atoms with van der Waals surface area (Å²) >= 11 is 5.91. The van der Waals surface area contributed by atoms with E-state index >= 15 is 0 Å². The highest BCUT2D eigenvalue weighted by atomic mass is 35.5. The van der Waals surface area contributed by atoms with E-state index in [0.717, 1.165) is 30.5 Å². The molecule has 90 valence electrons. The summed E-state index contributed by atoms with van der Waals surface area (Å²) in [4.78, 5) is 14.8. The molecule has 0 saturated carbocycles. The Kier molecular flexibility index (Phi) is 2.68. The van der Waals surface area contributed by atoms with Gasteiger partial charge in [0.15, 0.2) is 0 Å². The van der Waals surface area contributed by atoms with Gasteiger partial charge in [0.1, 0.15) is 0 Å². The van der Waals surface area contributed by atoms with Gasteiger partial charge in [-0.05, 0) is 31.0 Å². The molecule has 1 aliphatic heterocycles. The van der Waals surface area contributed by atoms with E-state index in [-0.39, 0.29) is 11.7 Å². The Hall–Kier alpha value is -1.26. The highest BCUT2D eigenvalue weighted by molar-refractivity contribution is 6.31.